The minimum Gasteiger partial charge on any atom is -0.471 e. The first-order valence-electron chi connectivity index (χ1n) is 8.35. The number of aldehydes is 1. The number of hydrogen-bond acceptors (Lipinski definition) is 10. The molecule has 1 saturated heterocycles. The van der Waals surface area contributed by atoms with Gasteiger partial charge in [-0.2, -0.15) is 0 Å². The van der Waals surface area contributed by atoms with E-state index in [0.29, 0.717) is 6.29 Å². The Morgan fingerprint density at radius 2 is 1.96 bits per heavy atom. The molecule has 27 heavy (non-hydrogen) atoms. The lowest BCUT2D eigenvalue weighted by Gasteiger charge is -2.42. The minimum atomic E-state index is -1.62. The van der Waals surface area contributed by atoms with E-state index in [1.165, 1.54) is 13.2 Å². The number of esters is 1. The Hall–Kier alpha value is -1.82. The molecule has 2 aliphatic rings. The highest BCUT2D eigenvalue weighted by Crippen LogP contribution is 2.36. The van der Waals surface area contributed by atoms with E-state index in [1.54, 1.807) is 0 Å². The van der Waals surface area contributed by atoms with Gasteiger partial charge in [0.05, 0.1) is 25.6 Å². The number of methoxy groups -OCH3 is 1. The van der Waals surface area contributed by atoms with Crippen molar-refractivity contribution >= 4 is 12.3 Å². The molecule has 0 amide bonds. The molecule has 10 heteroatoms. The maximum absolute atomic E-state index is 11.9. The van der Waals surface area contributed by atoms with Gasteiger partial charge in [0, 0.05) is 18.3 Å². The van der Waals surface area contributed by atoms with Gasteiger partial charge in [-0.1, -0.05) is 6.08 Å². The lowest BCUT2D eigenvalue weighted by molar-refractivity contribution is -0.339. The van der Waals surface area contributed by atoms with E-state index in [9.17, 15) is 30.0 Å². The minimum absolute atomic E-state index is 0.0322. The van der Waals surface area contributed by atoms with Crippen molar-refractivity contribution in [2.75, 3.05) is 13.7 Å². The Balaban J connectivity index is 2.22. The summed E-state index contributed by atoms with van der Waals surface area (Å²) < 4.78 is 21.0. The standard InChI is InChI=1S/C17H24O10/c1-3-8-9(4-5-18)10(15(23)24-2)7-25-16(8)27-17-14(22)13(21)12(20)11(6-19)26-17/h3,5,7-9,11-14,16-17,19-22H,1,4,6H2,2H3/t8-,9+,11+,12+,13-,14+,16-,17-/m0/s1. The second-order valence-electron chi connectivity index (χ2n) is 6.22. The molecular weight excluding hydrogens is 364 g/mol. The van der Waals surface area contributed by atoms with Crippen LogP contribution in [0.3, 0.4) is 0 Å². The monoisotopic (exact) mass is 388 g/mol. The first kappa shape index (κ1) is 21.5. The fourth-order valence-electron chi connectivity index (χ4n) is 3.13. The van der Waals surface area contributed by atoms with Crippen molar-refractivity contribution in [3.8, 4) is 0 Å². The van der Waals surface area contributed by atoms with Gasteiger partial charge in [0.25, 0.3) is 0 Å². The first-order chi connectivity index (χ1) is 12.9. The molecule has 0 aromatic carbocycles. The number of aliphatic hydroxyl groups is 4. The van der Waals surface area contributed by atoms with Crippen LogP contribution in [0.1, 0.15) is 6.42 Å². The SMILES string of the molecule is C=C[C@@H]1[C@H](O[C@@H]2O[C@H](CO)[C@@H](O)[C@H](O)[C@H]2O)OC=C(C(=O)OC)[C@@H]1CC=O. The zero-order chi connectivity index (χ0) is 20.1. The fraction of sp³-hybridized carbons (Fsp3) is 0.647. The summed E-state index contributed by atoms with van der Waals surface area (Å²) in [6.45, 7) is 3.06. The van der Waals surface area contributed by atoms with Crippen molar-refractivity contribution in [2.45, 2.75) is 43.4 Å². The van der Waals surface area contributed by atoms with Crippen LogP contribution in [0.25, 0.3) is 0 Å². The number of carbonyl (C=O) groups excluding carboxylic acids is 2. The highest BCUT2D eigenvalue weighted by molar-refractivity contribution is 5.89. The fourth-order valence-corrected chi connectivity index (χ4v) is 3.13. The quantitative estimate of drug-likeness (QED) is 0.224. The molecule has 152 valence electrons. The number of carbonyl (C=O) groups is 2. The van der Waals surface area contributed by atoms with E-state index < -0.39 is 61.4 Å². The van der Waals surface area contributed by atoms with E-state index in [1.807, 2.05) is 0 Å². The average Bonchev–Trinajstić information content (AvgIpc) is 2.68. The van der Waals surface area contributed by atoms with Gasteiger partial charge in [0.15, 0.2) is 6.29 Å². The van der Waals surface area contributed by atoms with Gasteiger partial charge >= 0.3 is 5.97 Å². The van der Waals surface area contributed by atoms with E-state index in [-0.39, 0.29) is 12.0 Å². The predicted molar refractivity (Wildman–Crippen MR) is 87.7 cm³/mol. The van der Waals surface area contributed by atoms with Crippen molar-refractivity contribution in [3.05, 3.63) is 24.5 Å². The average molecular weight is 388 g/mol. The molecule has 0 spiro atoms. The Bertz CT molecular complexity index is 574. The van der Waals surface area contributed by atoms with Gasteiger partial charge in [-0.3, -0.25) is 0 Å². The first-order valence-corrected chi connectivity index (χ1v) is 8.35. The van der Waals surface area contributed by atoms with Crippen molar-refractivity contribution in [1.82, 2.24) is 0 Å². The third kappa shape index (κ3) is 4.37. The summed E-state index contributed by atoms with van der Waals surface area (Å²) in [5.74, 6) is -1.99. The van der Waals surface area contributed by atoms with Crippen LogP contribution in [0.2, 0.25) is 0 Å². The van der Waals surface area contributed by atoms with Crippen LogP contribution < -0.4 is 0 Å². The van der Waals surface area contributed by atoms with Crippen LogP contribution in [-0.4, -0.2) is 83.4 Å². The Kier molecular flexibility index (Phi) is 7.48. The normalized spacial score (nSPS) is 39.1. The summed E-state index contributed by atoms with van der Waals surface area (Å²) >= 11 is 0. The van der Waals surface area contributed by atoms with Gasteiger partial charge in [0.1, 0.15) is 30.7 Å². The topological polar surface area (TPSA) is 152 Å². The molecule has 0 aromatic rings. The summed E-state index contributed by atoms with van der Waals surface area (Å²) in [7, 11) is 1.20. The van der Waals surface area contributed by atoms with E-state index >= 15 is 0 Å². The second kappa shape index (κ2) is 9.40. The lowest BCUT2D eigenvalue weighted by atomic mass is 9.82. The van der Waals surface area contributed by atoms with Crippen molar-refractivity contribution < 1.29 is 49.0 Å². The Labute approximate surface area is 155 Å². The zero-order valence-electron chi connectivity index (χ0n) is 14.7. The molecule has 0 unspecified atom stereocenters. The van der Waals surface area contributed by atoms with E-state index in [4.69, 9.17) is 14.2 Å². The summed E-state index contributed by atoms with van der Waals surface area (Å²) in [5.41, 5.74) is 0.128. The predicted octanol–water partition coefficient (Wildman–Crippen LogP) is -1.78. The van der Waals surface area contributed by atoms with E-state index in [2.05, 4.69) is 11.3 Å². The summed E-state index contributed by atoms with van der Waals surface area (Å²) in [6.07, 6.45) is -5.31. The van der Waals surface area contributed by atoms with Crippen LogP contribution in [0.15, 0.2) is 24.5 Å². The molecular formula is C17H24O10. The highest BCUT2D eigenvalue weighted by atomic mass is 16.8. The molecule has 2 aliphatic heterocycles. The number of rotatable bonds is 7. The number of ether oxygens (including phenoxy) is 4. The smallest absolute Gasteiger partial charge is 0.337 e. The van der Waals surface area contributed by atoms with Crippen LogP contribution in [0.4, 0.5) is 0 Å². The van der Waals surface area contributed by atoms with Gasteiger partial charge < -0.3 is 44.2 Å². The molecule has 2 rings (SSSR count). The molecule has 0 saturated carbocycles. The van der Waals surface area contributed by atoms with Gasteiger partial charge in [0.2, 0.25) is 6.29 Å². The van der Waals surface area contributed by atoms with Gasteiger partial charge in [-0.05, 0) is 0 Å². The number of aliphatic hydroxyl groups excluding tert-OH is 4. The van der Waals surface area contributed by atoms with Crippen LogP contribution in [0, 0.1) is 11.8 Å². The summed E-state index contributed by atoms with van der Waals surface area (Å²) in [4.78, 5) is 23.0. The third-order valence-electron chi connectivity index (χ3n) is 4.67. The maximum atomic E-state index is 11.9. The van der Waals surface area contributed by atoms with Crippen LogP contribution in [0.5, 0.6) is 0 Å². The van der Waals surface area contributed by atoms with Gasteiger partial charge in [-0.25, -0.2) is 4.79 Å². The van der Waals surface area contributed by atoms with Crippen molar-refractivity contribution in [2.24, 2.45) is 11.8 Å². The summed E-state index contributed by atoms with van der Waals surface area (Å²) in [6, 6.07) is 0. The molecule has 0 aromatic heterocycles. The maximum Gasteiger partial charge on any atom is 0.337 e. The van der Waals surface area contributed by atoms with Crippen LogP contribution in [-0.2, 0) is 28.5 Å². The molecule has 2 heterocycles. The Morgan fingerprint density at radius 1 is 1.26 bits per heavy atom. The van der Waals surface area contributed by atoms with Gasteiger partial charge in [-0.15, -0.1) is 6.58 Å². The van der Waals surface area contributed by atoms with E-state index in [0.717, 1.165) is 6.26 Å². The lowest BCUT2D eigenvalue weighted by Crippen LogP contribution is -2.60. The van der Waals surface area contributed by atoms with Crippen LogP contribution >= 0.6 is 0 Å². The molecule has 0 bridgehead atoms. The largest absolute Gasteiger partial charge is 0.471 e. The molecule has 0 aliphatic carbocycles. The molecule has 1 fully saturated rings. The zero-order valence-corrected chi connectivity index (χ0v) is 14.7. The summed E-state index contributed by atoms with van der Waals surface area (Å²) in [5, 5.41) is 39.0. The highest BCUT2D eigenvalue weighted by Gasteiger charge is 2.47. The number of hydrogen-bond donors (Lipinski definition) is 4. The third-order valence-corrected chi connectivity index (χ3v) is 4.67. The van der Waals surface area contributed by atoms with Crippen molar-refractivity contribution in [3.63, 3.8) is 0 Å². The Morgan fingerprint density at radius 3 is 2.52 bits per heavy atom. The molecule has 8 atom stereocenters. The molecule has 10 nitrogen and oxygen atoms in total. The van der Waals surface area contributed by atoms with Crippen molar-refractivity contribution in [1.29, 1.82) is 0 Å². The molecule has 4 N–H and O–H groups in total. The second-order valence-corrected chi connectivity index (χ2v) is 6.22. The molecule has 0 radical (unpaired) electrons.